The summed E-state index contributed by atoms with van der Waals surface area (Å²) in [5.41, 5.74) is 2.27. The predicted octanol–water partition coefficient (Wildman–Crippen LogP) is 3.31. The van der Waals surface area contributed by atoms with Gasteiger partial charge in [0.05, 0.1) is 24.4 Å². The van der Waals surface area contributed by atoms with Crippen LogP contribution in [-0.2, 0) is 4.74 Å². The van der Waals surface area contributed by atoms with Crippen LogP contribution in [0.15, 0.2) is 64.6 Å². The molecule has 0 amide bonds. The van der Waals surface area contributed by atoms with E-state index < -0.39 is 0 Å². The molecule has 1 N–H and O–H groups in total. The molecule has 0 aliphatic carbocycles. The normalized spacial score (nSPS) is 20.8. The first-order chi connectivity index (χ1) is 15.3. The molecule has 2 atom stereocenters. The molecular weight excluding hydrogens is 432 g/mol. The molecule has 5 heterocycles. The Balaban J connectivity index is 0.00000216. The summed E-state index contributed by atoms with van der Waals surface area (Å²) in [6.07, 6.45) is 5.19. The van der Waals surface area contributed by atoms with Gasteiger partial charge < -0.3 is 23.5 Å². The fourth-order valence-corrected chi connectivity index (χ4v) is 4.55. The molecule has 8 nitrogen and oxygen atoms in total. The van der Waals surface area contributed by atoms with E-state index in [2.05, 4.69) is 15.0 Å². The van der Waals surface area contributed by atoms with Crippen LogP contribution in [0.3, 0.4) is 0 Å². The molecule has 0 radical (unpaired) electrons. The lowest BCUT2D eigenvalue weighted by Gasteiger charge is -2.26. The number of halogens is 1. The van der Waals surface area contributed by atoms with Crippen LogP contribution in [0.5, 0.6) is 5.75 Å². The van der Waals surface area contributed by atoms with Crippen LogP contribution in [0.2, 0.25) is 0 Å². The molecule has 0 saturated carbocycles. The van der Waals surface area contributed by atoms with Gasteiger partial charge in [0.1, 0.15) is 29.0 Å². The van der Waals surface area contributed by atoms with Crippen molar-refractivity contribution in [2.45, 2.75) is 18.6 Å². The summed E-state index contributed by atoms with van der Waals surface area (Å²) in [7, 11) is 0. The Kier molecular flexibility index (Phi) is 5.50. The lowest BCUT2D eigenvalue weighted by Crippen LogP contribution is -2.39. The van der Waals surface area contributed by atoms with Gasteiger partial charge >= 0.3 is 0 Å². The van der Waals surface area contributed by atoms with E-state index in [4.69, 9.17) is 13.9 Å². The Morgan fingerprint density at radius 1 is 1.22 bits per heavy atom. The Labute approximate surface area is 190 Å². The number of hydrogen-bond acceptors (Lipinski definition) is 7. The molecule has 0 spiro atoms. The van der Waals surface area contributed by atoms with Crippen LogP contribution < -0.4 is 10.1 Å². The average molecular weight is 455 g/mol. The van der Waals surface area contributed by atoms with Gasteiger partial charge in [0.15, 0.2) is 5.76 Å². The minimum absolute atomic E-state index is 0. The monoisotopic (exact) mass is 454 g/mol. The summed E-state index contributed by atoms with van der Waals surface area (Å²) >= 11 is 0. The van der Waals surface area contributed by atoms with Crippen molar-refractivity contribution < 1.29 is 19.1 Å². The summed E-state index contributed by atoms with van der Waals surface area (Å²) in [6.45, 7) is 3.29. The number of likely N-dealkylation sites (tertiary alicyclic amines) is 1. The van der Waals surface area contributed by atoms with E-state index in [0.29, 0.717) is 52.3 Å². The van der Waals surface area contributed by atoms with Crippen LogP contribution >= 0.6 is 12.4 Å². The zero-order chi connectivity index (χ0) is 20.8. The van der Waals surface area contributed by atoms with E-state index in [-0.39, 0.29) is 12.4 Å². The van der Waals surface area contributed by atoms with Crippen LogP contribution in [0.25, 0.3) is 27.9 Å². The molecule has 32 heavy (non-hydrogen) atoms. The van der Waals surface area contributed by atoms with Crippen molar-refractivity contribution in [2.24, 2.45) is 5.16 Å². The van der Waals surface area contributed by atoms with Gasteiger partial charge in [-0.05, 0) is 42.8 Å². The van der Waals surface area contributed by atoms with E-state index in [9.17, 15) is 5.21 Å². The third-order valence-corrected chi connectivity index (χ3v) is 6.15. The van der Waals surface area contributed by atoms with Crippen LogP contribution in [0.1, 0.15) is 6.42 Å². The number of nitrogens with zero attached hydrogens (tertiary/aromatic N) is 4. The molecule has 2 saturated heterocycles. The summed E-state index contributed by atoms with van der Waals surface area (Å²) in [5, 5.41) is 14.2. The van der Waals surface area contributed by atoms with E-state index in [1.54, 1.807) is 12.4 Å². The van der Waals surface area contributed by atoms with Crippen molar-refractivity contribution in [3.8, 4) is 17.2 Å². The summed E-state index contributed by atoms with van der Waals surface area (Å²) in [5.74, 6) is 1.25. The highest BCUT2D eigenvalue weighted by molar-refractivity contribution is 5.85. The van der Waals surface area contributed by atoms with Gasteiger partial charge in [-0.1, -0.05) is 5.16 Å². The smallest absolute Gasteiger partial charge is 0.155 e. The highest BCUT2D eigenvalue weighted by atomic mass is 35.5. The maximum absolute atomic E-state index is 9.62. The number of morpholine rings is 1. The molecule has 2 aliphatic heterocycles. The molecule has 2 aliphatic rings. The fourth-order valence-electron chi connectivity index (χ4n) is 4.55. The van der Waals surface area contributed by atoms with Crippen molar-refractivity contribution in [2.75, 3.05) is 26.3 Å². The Morgan fingerprint density at radius 3 is 2.97 bits per heavy atom. The second kappa shape index (κ2) is 8.46. The van der Waals surface area contributed by atoms with E-state index in [1.165, 1.54) is 0 Å². The zero-order valence-corrected chi connectivity index (χ0v) is 18.1. The lowest BCUT2D eigenvalue weighted by atomic mass is 10.2. The zero-order valence-electron chi connectivity index (χ0n) is 17.3. The third-order valence-electron chi connectivity index (χ3n) is 6.15. The lowest BCUT2D eigenvalue weighted by molar-refractivity contribution is 0.0258. The summed E-state index contributed by atoms with van der Waals surface area (Å²) < 4.78 is 19.6. The summed E-state index contributed by atoms with van der Waals surface area (Å²) in [4.78, 5) is 6.88. The Morgan fingerprint density at radius 2 is 2.16 bits per heavy atom. The van der Waals surface area contributed by atoms with Crippen molar-refractivity contribution in [3.63, 3.8) is 0 Å². The second-order valence-corrected chi connectivity index (χ2v) is 8.06. The van der Waals surface area contributed by atoms with Gasteiger partial charge in [-0.25, -0.2) is 4.98 Å². The van der Waals surface area contributed by atoms with Gasteiger partial charge in [0.2, 0.25) is 0 Å². The molecular formula is C23H23ClN4O4. The molecule has 2 bridgehead atoms. The number of fused-ring (bicyclic) bond motifs is 4. The van der Waals surface area contributed by atoms with Crippen molar-refractivity contribution in [1.82, 2.24) is 14.3 Å². The minimum Gasteiger partial charge on any atom is -0.492 e. The molecule has 166 valence electrons. The van der Waals surface area contributed by atoms with Crippen molar-refractivity contribution >= 4 is 28.9 Å². The number of ether oxygens (including phenoxy) is 2. The largest absolute Gasteiger partial charge is 0.492 e. The second-order valence-electron chi connectivity index (χ2n) is 8.06. The van der Waals surface area contributed by atoms with Gasteiger partial charge in [-0.15, -0.1) is 12.4 Å². The number of hydrogen-bond donors (Lipinski definition) is 1. The molecule has 4 aromatic rings. The SMILES string of the molecule is Cl.O/N=c1/cc(-c2cc3cccn3cn2)oc2ccc(OCCN3C[C@@H]4C[C@H]3CO4)cc12. The molecule has 3 aromatic heterocycles. The third kappa shape index (κ3) is 3.70. The number of rotatable bonds is 5. The minimum atomic E-state index is 0. The van der Waals surface area contributed by atoms with Crippen LogP contribution in [0, 0.1) is 0 Å². The average Bonchev–Trinajstić information content (AvgIpc) is 3.55. The van der Waals surface area contributed by atoms with Crippen LogP contribution in [-0.4, -0.2) is 57.9 Å². The van der Waals surface area contributed by atoms with Gasteiger partial charge in [-0.2, -0.15) is 0 Å². The van der Waals surface area contributed by atoms with Crippen molar-refractivity contribution in [3.05, 3.63) is 60.3 Å². The van der Waals surface area contributed by atoms with Gasteiger partial charge in [0.25, 0.3) is 0 Å². The standard InChI is InChI=1S/C23H22N4O4.ClH/c28-25-20-11-23(21-9-15-2-1-5-27(15)14-24-21)31-22-4-3-17(10-19(20)22)29-7-6-26-12-18-8-16(26)13-30-18;/h1-5,9-11,14,16,18,28H,6-8,12-13H2;1H/b25-20-;/t16-,18-;/m0./s1. The van der Waals surface area contributed by atoms with Gasteiger partial charge in [-0.3, -0.25) is 4.90 Å². The maximum atomic E-state index is 9.62. The molecule has 2 fully saturated rings. The number of benzene rings is 1. The van der Waals surface area contributed by atoms with E-state index in [0.717, 1.165) is 31.6 Å². The molecule has 0 unspecified atom stereocenters. The predicted molar refractivity (Wildman–Crippen MR) is 120 cm³/mol. The van der Waals surface area contributed by atoms with E-state index in [1.807, 2.05) is 47.0 Å². The Bertz CT molecular complexity index is 1330. The van der Waals surface area contributed by atoms with Crippen LogP contribution in [0.4, 0.5) is 0 Å². The number of aromatic nitrogens is 2. The molecule has 6 rings (SSSR count). The maximum Gasteiger partial charge on any atom is 0.155 e. The first-order valence-electron chi connectivity index (χ1n) is 10.4. The first kappa shape index (κ1) is 20.8. The molecule has 1 aromatic carbocycles. The first-order valence-corrected chi connectivity index (χ1v) is 10.4. The summed E-state index contributed by atoms with van der Waals surface area (Å²) in [6, 6.07) is 13.7. The topological polar surface area (TPSA) is 84.7 Å². The highest BCUT2D eigenvalue weighted by Gasteiger charge is 2.38. The molecule has 9 heteroatoms. The quantitative estimate of drug-likeness (QED) is 0.368. The van der Waals surface area contributed by atoms with Gasteiger partial charge in [0, 0.05) is 36.9 Å². The van der Waals surface area contributed by atoms with Crippen molar-refractivity contribution in [1.29, 1.82) is 0 Å². The van der Waals surface area contributed by atoms with E-state index >= 15 is 0 Å². The Hall–Kier alpha value is -3.07. The fraction of sp³-hybridized carbons (Fsp3) is 0.304. The highest BCUT2D eigenvalue weighted by Crippen LogP contribution is 2.28.